The minimum Gasteiger partial charge on any atom is -0.355 e. The Morgan fingerprint density at radius 3 is 2.52 bits per heavy atom. The van der Waals surface area contributed by atoms with E-state index in [-0.39, 0.29) is 16.7 Å². The van der Waals surface area contributed by atoms with Crippen molar-refractivity contribution < 1.29 is 18.0 Å². The number of amides is 2. The summed E-state index contributed by atoms with van der Waals surface area (Å²) in [5, 5.41) is 6.08. The minimum absolute atomic E-state index is 0.189. The maximum atomic E-state index is 13.0. The van der Waals surface area contributed by atoms with Gasteiger partial charge >= 0.3 is 0 Å². The van der Waals surface area contributed by atoms with E-state index in [4.69, 9.17) is 0 Å². The molecule has 2 aliphatic heterocycles. The summed E-state index contributed by atoms with van der Waals surface area (Å²) in [5.41, 5.74) is 1.86. The van der Waals surface area contributed by atoms with E-state index in [1.165, 1.54) is 39.9 Å². The first kappa shape index (κ1) is 23.9. The monoisotopic (exact) mass is 490 g/mol. The number of benzene rings is 1. The Kier molecular flexibility index (Phi) is 6.90. The summed E-state index contributed by atoms with van der Waals surface area (Å²) < 4.78 is 27.5. The van der Waals surface area contributed by atoms with E-state index in [1.54, 1.807) is 7.05 Å². The predicted molar refractivity (Wildman–Crippen MR) is 129 cm³/mol. The fourth-order valence-corrected chi connectivity index (χ4v) is 7.37. The first-order valence-corrected chi connectivity index (χ1v) is 13.4. The summed E-state index contributed by atoms with van der Waals surface area (Å²) in [7, 11) is 0.0281. The minimum atomic E-state index is -3.58. The quantitative estimate of drug-likeness (QED) is 0.672. The summed E-state index contributed by atoms with van der Waals surface area (Å²) in [4.78, 5) is 29.0. The van der Waals surface area contributed by atoms with Crippen LogP contribution in [0.3, 0.4) is 0 Å². The Bertz CT molecular complexity index is 1160. The van der Waals surface area contributed by atoms with Crippen molar-refractivity contribution in [3.8, 4) is 0 Å². The molecule has 10 heteroatoms. The summed E-state index contributed by atoms with van der Waals surface area (Å²) in [6.07, 6.45) is 2.64. The molecule has 33 heavy (non-hydrogen) atoms. The topological polar surface area (TPSA) is 98.8 Å². The molecule has 2 aromatic rings. The van der Waals surface area contributed by atoms with Gasteiger partial charge < -0.3 is 15.5 Å². The Hall–Kier alpha value is -2.27. The molecule has 1 fully saturated rings. The van der Waals surface area contributed by atoms with Crippen LogP contribution in [0.1, 0.15) is 50.9 Å². The molecular weight excluding hydrogens is 460 g/mol. The lowest BCUT2D eigenvalue weighted by Gasteiger charge is -2.30. The number of likely N-dealkylation sites (N-methyl/N-ethyl adjacent to an activating group) is 1. The molecule has 0 aliphatic carbocycles. The van der Waals surface area contributed by atoms with Gasteiger partial charge in [-0.25, -0.2) is 8.42 Å². The highest BCUT2D eigenvalue weighted by molar-refractivity contribution is 7.89. The number of sulfonamides is 1. The molecule has 3 heterocycles. The highest BCUT2D eigenvalue weighted by atomic mass is 32.2. The van der Waals surface area contributed by atoms with Crippen LogP contribution in [0, 0.1) is 5.92 Å². The zero-order valence-electron chi connectivity index (χ0n) is 19.2. The number of carbonyl (C=O) groups is 2. The highest BCUT2D eigenvalue weighted by Gasteiger charge is 2.30. The van der Waals surface area contributed by atoms with Crippen molar-refractivity contribution in [2.24, 2.45) is 5.92 Å². The van der Waals surface area contributed by atoms with E-state index >= 15 is 0 Å². The standard InChI is InChI=1S/C23H30N4O4S2/c1-15-5-4-11-27(13-15)33(30,31)17-8-6-16(7-9-17)21(28)25-23-20(22(29)24-2)18-10-12-26(3)14-19(18)32-23/h6-9,15H,4-5,10-14H2,1-3H3,(H,24,29)(H,25,28). The highest BCUT2D eigenvalue weighted by Crippen LogP contribution is 2.37. The number of thiophene rings is 1. The first-order chi connectivity index (χ1) is 15.7. The van der Waals surface area contributed by atoms with E-state index in [0.717, 1.165) is 42.8 Å². The number of piperidine rings is 1. The third-order valence-electron chi connectivity index (χ3n) is 6.30. The molecule has 2 N–H and O–H groups in total. The van der Waals surface area contributed by atoms with Crippen molar-refractivity contribution in [1.29, 1.82) is 0 Å². The lowest BCUT2D eigenvalue weighted by molar-refractivity contribution is 0.0962. The molecule has 0 radical (unpaired) electrons. The molecule has 2 aliphatic rings. The Balaban J connectivity index is 1.55. The van der Waals surface area contributed by atoms with E-state index in [0.29, 0.717) is 35.1 Å². The maximum absolute atomic E-state index is 13.0. The summed E-state index contributed by atoms with van der Waals surface area (Å²) in [6.45, 7) is 4.69. The summed E-state index contributed by atoms with van der Waals surface area (Å²) >= 11 is 1.42. The number of rotatable bonds is 5. The maximum Gasteiger partial charge on any atom is 0.256 e. The van der Waals surface area contributed by atoms with Crippen LogP contribution in [-0.2, 0) is 23.0 Å². The largest absolute Gasteiger partial charge is 0.355 e. The van der Waals surface area contributed by atoms with Crippen LogP contribution < -0.4 is 10.6 Å². The molecule has 1 saturated heterocycles. The number of anilines is 1. The van der Waals surface area contributed by atoms with Crippen LogP contribution in [0.5, 0.6) is 0 Å². The molecular formula is C23H30N4O4S2. The molecule has 0 saturated carbocycles. The number of hydrogen-bond donors (Lipinski definition) is 2. The number of fused-ring (bicyclic) bond motifs is 1. The van der Waals surface area contributed by atoms with Crippen LogP contribution >= 0.6 is 11.3 Å². The third kappa shape index (κ3) is 4.84. The fraction of sp³-hybridized carbons (Fsp3) is 0.478. The second-order valence-electron chi connectivity index (χ2n) is 8.86. The van der Waals surface area contributed by atoms with Gasteiger partial charge in [-0.3, -0.25) is 9.59 Å². The van der Waals surface area contributed by atoms with E-state index in [1.807, 2.05) is 7.05 Å². The van der Waals surface area contributed by atoms with Crippen molar-refractivity contribution in [3.63, 3.8) is 0 Å². The SMILES string of the molecule is CNC(=O)c1c(NC(=O)c2ccc(S(=O)(=O)N3CCCC(C)C3)cc2)sc2c1CCN(C)C2. The fourth-order valence-electron chi connectivity index (χ4n) is 4.45. The van der Waals surface area contributed by atoms with Gasteiger partial charge in [0.05, 0.1) is 10.5 Å². The Morgan fingerprint density at radius 2 is 1.85 bits per heavy atom. The first-order valence-electron chi connectivity index (χ1n) is 11.2. The molecule has 1 atom stereocenters. The van der Waals surface area contributed by atoms with Gasteiger partial charge in [0.2, 0.25) is 10.0 Å². The van der Waals surface area contributed by atoms with Gasteiger partial charge in [0.25, 0.3) is 11.8 Å². The lowest BCUT2D eigenvalue weighted by atomic mass is 10.0. The van der Waals surface area contributed by atoms with Gasteiger partial charge in [0.1, 0.15) is 5.00 Å². The van der Waals surface area contributed by atoms with Crippen molar-refractivity contribution in [2.45, 2.75) is 37.6 Å². The zero-order valence-corrected chi connectivity index (χ0v) is 20.8. The van der Waals surface area contributed by atoms with Crippen molar-refractivity contribution in [2.75, 3.05) is 39.0 Å². The number of nitrogens with one attached hydrogen (secondary N) is 2. The van der Waals surface area contributed by atoms with Gasteiger partial charge in [-0.2, -0.15) is 4.31 Å². The van der Waals surface area contributed by atoms with Gasteiger partial charge in [-0.15, -0.1) is 11.3 Å². The van der Waals surface area contributed by atoms with Crippen LogP contribution in [-0.4, -0.2) is 63.2 Å². The number of nitrogens with zero attached hydrogens (tertiary/aromatic N) is 2. The van der Waals surface area contributed by atoms with E-state index in [9.17, 15) is 18.0 Å². The third-order valence-corrected chi connectivity index (χ3v) is 9.31. The van der Waals surface area contributed by atoms with E-state index < -0.39 is 10.0 Å². The summed E-state index contributed by atoms with van der Waals surface area (Å²) in [6, 6.07) is 6.02. The van der Waals surface area contributed by atoms with E-state index in [2.05, 4.69) is 22.5 Å². The number of hydrogen-bond acceptors (Lipinski definition) is 6. The molecule has 178 valence electrons. The molecule has 2 amide bonds. The smallest absolute Gasteiger partial charge is 0.256 e. The lowest BCUT2D eigenvalue weighted by Crippen LogP contribution is -2.39. The van der Waals surface area contributed by atoms with Gasteiger partial charge in [0.15, 0.2) is 0 Å². The number of carbonyl (C=O) groups excluding carboxylic acids is 2. The molecule has 1 aromatic heterocycles. The van der Waals surface area contributed by atoms with Gasteiger partial charge in [-0.05, 0) is 62.1 Å². The zero-order chi connectivity index (χ0) is 23.8. The van der Waals surface area contributed by atoms with Crippen LogP contribution in [0.15, 0.2) is 29.2 Å². The Morgan fingerprint density at radius 1 is 1.12 bits per heavy atom. The second-order valence-corrected chi connectivity index (χ2v) is 11.9. The molecule has 1 aromatic carbocycles. The average molecular weight is 491 g/mol. The van der Waals surface area contributed by atoms with Crippen molar-refractivity contribution in [3.05, 3.63) is 45.8 Å². The molecule has 1 unspecified atom stereocenters. The molecule has 4 rings (SSSR count). The van der Waals surface area contributed by atoms with Crippen LogP contribution in [0.25, 0.3) is 0 Å². The van der Waals surface area contributed by atoms with Crippen LogP contribution in [0.2, 0.25) is 0 Å². The predicted octanol–water partition coefficient (Wildman–Crippen LogP) is 2.77. The van der Waals surface area contributed by atoms with Gasteiger partial charge in [-0.1, -0.05) is 6.92 Å². The second kappa shape index (κ2) is 9.54. The van der Waals surface area contributed by atoms with Crippen molar-refractivity contribution >= 4 is 38.2 Å². The van der Waals surface area contributed by atoms with Crippen molar-refractivity contribution in [1.82, 2.24) is 14.5 Å². The average Bonchev–Trinajstić information content (AvgIpc) is 3.15. The normalized spacial score (nSPS) is 19.7. The van der Waals surface area contributed by atoms with Gasteiger partial charge in [0, 0.05) is 43.7 Å². The molecule has 0 spiro atoms. The van der Waals surface area contributed by atoms with Crippen LogP contribution in [0.4, 0.5) is 5.00 Å². The Labute approximate surface area is 199 Å². The molecule has 8 nitrogen and oxygen atoms in total. The molecule has 0 bridgehead atoms. The summed E-state index contributed by atoms with van der Waals surface area (Å²) in [5.74, 6) is -0.253.